The molecule has 0 aliphatic rings. The van der Waals surface area contributed by atoms with Crippen molar-refractivity contribution in [3.63, 3.8) is 0 Å². The first-order valence-electron chi connectivity index (χ1n) is 9.86. The Labute approximate surface area is 189 Å². The topological polar surface area (TPSA) is 69.0 Å². The highest BCUT2D eigenvalue weighted by Crippen LogP contribution is 2.31. The summed E-state index contributed by atoms with van der Waals surface area (Å²) in [5.41, 5.74) is 2.80. The van der Waals surface area contributed by atoms with Crippen LogP contribution in [0.4, 0.5) is 5.69 Å². The van der Waals surface area contributed by atoms with Gasteiger partial charge in [-0.05, 0) is 67.3 Å². The molecule has 6 nitrogen and oxygen atoms in total. The summed E-state index contributed by atoms with van der Waals surface area (Å²) < 4.78 is 7.54. The van der Waals surface area contributed by atoms with Crippen molar-refractivity contribution in [3.05, 3.63) is 71.6 Å². The van der Waals surface area contributed by atoms with E-state index < -0.39 is 0 Å². The zero-order valence-electron chi connectivity index (χ0n) is 17.2. The number of aromatic nitrogens is 3. The van der Waals surface area contributed by atoms with Gasteiger partial charge in [0.25, 0.3) is 0 Å². The van der Waals surface area contributed by atoms with Crippen molar-refractivity contribution >= 4 is 34.7 Å². The molecule has 0 saturated carbocycles. The van der Waals surface area contributed by atoms with Crippen LogP contribution in [0.3, 0.4) is 0 Å². The zero-order valence-corrected chi connectivity index (χ0v) is 18.9. The van der Waals surface area contributed by atoms with Gasteiger partial charge < -0.3 is 10.1 Å². The number of carbonyl (C=O) groups excluding carboxylic acids is 1. The molecule has 0 aliphatic heterocycles. The summed E-state index contributed by atoms with van der Waals surface area (Å²) in [5.74, 6) is 1.70. The first-order valence-corrected chi connectivity index (χ1v) is 11.7. The SMILES string of the molecule is CCOc1ccc(-n2c(SCC(=O)Nc3cccc(C)c3)nnc2-c2cccs2)cc1. The highest BCUT2D eigenvalue weighted by Gasteiger charge is 2.18. The fraction of sp³-hybridized carbons (Fsp3) is 0.174. The molecule has 8 heteroatoms. The predicted molar refractivity (Wildman–Crippen MR) is 126 cm³/mol. The van der Waals surface area contributed by atoms with E-state index in [4.69, 9.17) is 4.74 Å². The number of thiophene rings is 1. The maximum atomic E-state index is 12.5. The van der Waals surface area contributed by atoms with Crippen LogP contribution < -0.4 is 10.1 Å². The molecule has 0 fully saturated rings. The minimum atomic E-state index is -0.0884. The van der Waals surface area contributed by atoms with E-state index in [0.717, 1.165) is 33.4 Å². The molecular formula is C23H22N4O2S2. The summed E-state index contributed by atoms with van der Waals surface area (Å²) in [6.45, 7) is 4.57. The van der Waals surface area contributed by atoms with Crippen LogP contribution in [0.25, 0.3) is 16.4 Å². The summed E-state index contributed by atoms with van der Waals surface area (Å²) >= 11 is 2.96. The standard InChI is InChI=1S/C23H22N4O2S2/c1-3-29-19-11-9-18(10-12-19)27-22(20-8-5-13-30-20)25-26-23(27)31-15-21(28)24-17-7-4-6-16(2)14-17/h4-14H,3,15H2,1-2H3,(H,24,28). The van der Waals surface area contributed by atoms with Gasteiger partial charge >= 0.3 is 0 Å². The highest BCUT2D eigenvalue weighted by molar-refractivity contribution is 7.99. The lowest BCUT2D eigenvalue weighted by molar-refractivity contribution is -0.113. The summed E-state index contributed by atoms with van der Waals surface area (Å²) in [5, 5.41) is 14.4. The van der Waals surface area contributed by atoms with E-state index >= 15 is 0 Å². The minimum Gasteiger partial charge on any atom is -0.494 e. The first kappa shape index (κ1) is 21.1. The molecule has 0 spiro atoms. The molecule has 0 aliphatic carbocycles. The van der Waals surface area contributed by atoms with Gasteiger partial charge in [0.15, 0.2) is 11.0 Å². The number of nitrogens with zero attached hydrogens (tertiary/aromatic N) is 3. The Balaban J connectivity index is 1.56. The monoisotopic (exact) mass is 450 g/mol. The first-order chi connectivity index (χ1) is 15.1. The van der Waals surface area contributed by atoms with Crippen LogP contribution in [0.5, 0.6) is 5.75 Å². The van der Waals surface area contributed by atoms with Crippen LogP contribution in [0, 0.1) is 6.92 Å². The van der Waals surface area contributed by atoms with Crippen molar-refractivity contribution in [2.45, 2.75) is 19.0 Å². The molecule has 158 valence electrons. The number of amides is 1. The lowest BCUT2D eigenvalue weighted by Crippen LogP contribution is -2.14. The molecule has 0 radical (unpaired) electrons. The number of carbonyl (C=O) groups is 1. The second-order valence-electron chi connectivity index (χ2n) is 6.75. The van der Waals surface area contributed by atoms with Gasteiger partial charge in [0.1, 0.15) is 5.75 Å². The fourth-order valence-corrected chi connectivity index (χ4v) is 4.52. The summed E-state index contributed by atoms with van der Waals surface area (Å²) in [6, 6.07) is 19.5. The van der Waals surface area contributed by atoms with E-state index in [2.05, 4.69) is 15.5 Å². The molecule has 0 bridgehead atoms. The van der Waals surface area contributed by atoms with Gasteiger partial charge in [-0.25, -0.2) is 0 Å². The molecular weight excluding hydrogens is 428 g/mol. The van der Waals surface area contributed by atoms with Gasteiger partial charge in [-0.1, -0.05) is 30.0 Å². The van der Waals surface area contributed by atoms with Gasteiger partial charge in [-0.3, -0.25) is 9.36 Å². The van der Waals surface area contributed by atoms with Crippen LogP contribution in [-0.4, -0.2) is 33.0 Å². The van der Waals surface area contributed by atoms with E-state index in [1.165, 1.54) is 11.8 Å². The molecule has 0 atom stereocenters. The van der Waals surface area contributed by atoms with E-state index in [1.54, 1.807) is 11.3 Å². The van der Waals surface area contributed by atoms with Gasteiger partial charge in [0.05, 0.1) is 22.9 Å². The summed E-state index contributed by atoms with van der Waals surface area (Å²) in [4.78, 5) is 13.5. The van der Waals surface area contributed by atoms with Gasteiger partial charge in [-0.2, -0.15) is 0 Å². The number of anilines is 1. The number of benzene rings is 2. The summed E-state index contributed by atoms with van der Waals surface area (Å²) in [6.07, 6.45) is 0. The number of thioether (sulfide) groups is 1. The molecule has 1 amide bonds. The normalized spacial score (nSPS) is 10.8. The van der Waals surface area contributed by atoms with Gasteiger partial charge in [0.2, 0.25) is 5.91 Å². The Bertz CT molecular complexity index is 1150. The quantitative estimate of drug-likeness (QED) is 0.362. The summed E-state index contributed by atoms with van der Waals surface area (Å²) in [7, 11) is 0. The van der Waals surface area contributed by atoms with Crippen molar-refractivity contribution in [1.82, 2.24) is 14.8 Å². The minimum absolute atomic E-state index is 0.0884. The number of rotatable bonds is 8. The largest absolute Gasteiger partial charge is 0.494 e. The Morgan fingerprint density at radius 3 is 2.68 bits per heavy atom. The average Bonchev–Trinajstić information content (AvgIpc) is 3.43. The molecule has 0 saturated heterocycles. The molecule has 2 aromatic heterocycles. The average molecular weight is 451 g/mol. The number of aryl methyl sites for hydroxylation is 1. The van der Waals surface area contributed by atoms with E-state index in [1.807, 2.05) is 84.5 Å². The number of ether oxygens (including phenoxy) is 1. The van der Waals surface area contributed by atoms with Crippen molar-refractivity contribution in [1.29, 1.82) is 0 Å². The predicted octanol–water partition coefficient (Wildman–Crippen LogP) is 5.43. The second kappa shape index (κ2) is 9.80. The van der Waals surface area contributed by atoms with Gasteiger partial charge in [0, 0.05) is 5.69 Å². The van der Waals surface area contributed by atoms with Crippen molar-refractivity contribution < 1.29 is 9.53 Å². The van der Waals surface area contributed by atoms with Crippen LogP contribution in [0.15, 0.2) is 71.2 Å². The third-order valence-corrected chi connectivity index (χ3v) is 6.21. The van der Waals surface area contributed by atoms with Crippen molar-refractivity contribution in [2.24, 2.45) is 0 Å². The third-order valence-electron chi connectivity index (χ3n) is 4.42. The van der Waals surface area contributed by atoms with E-state index in [9.17, 15) is 4.79 Å². The van der Waals surface area contributed by atoms with Crippen LogP contribution >= 0.6 is 23.1 Å². The van der Waals surface area contributed by atoms with Crippen LogP contribution in [0.2, 0.25) is 0 Å². The molecule has 2 aromatic carbocycles. The van der Waals surface area contributed by atoms with Crippen molar-refractivity contribution in [3.8, 4) is 22.1 Å². The van der Waals surface area contributed by atoms with Crippen LogP contribution in [-0.2, 0) is 4.79 Å². The molecule has 1 N–H and O–H groups in total. The molecule has 31 heavy (non-hydrogen) atoms. The molecule has 4 rings (SSSR count). The Morgan fingerprint density at radius 2 is 1.97 bits per heavy atom. The van der Waals surface area contributed by atoms with Crippen LogP contribution in [0.1, 0.15) is 12.5 Å². The molecule has 4 aromatic rings. The lowest BCUT2D eigenvalue weighted by atomic mass is 10.2. The second-order valence-corrected chi connectivity index (χ2v) is 8.64. The van der Waals surface area contributed by atoms with E-state index in [0.29, 0.717) is 11.8 Å². The number of nitrogens with one attached hydrogen (secondary N) is 1. The maximum absolute atomic E-state index is 12.5. The van der Waals surface area contributed by atoms with Gasteiger partial charge in [-0.15, -0.1) is 21.5 Å². The maximum Gasteiger partial charge on any atom is 0.234 e. The third kappa shape index (κ3) is 5.15. The molecule has 2 heterocycles. The Kier molecular flexibility index (Phi) is 6.69. The smallest absolute Gasteiger partial charge is 0.234 e. The lowest BCUT2D eigenvalue weighted by Gasteiger charge is -2.11. The molecule has 0 unspecified atom stereocenters. The Hall–Kier alpha value is -3.10. The fourth-order valence-electron chi connectivity index (χ4n) is 3.07. The van der Waals surface area contributed by atoms with E-state index in [-0.39, 0.29) is 11.7 Å². The van der Waals surface area contributed by atoms with Crippen molar-refractivity contribution in [2.75, 3.05) is 17.7 Å². The number of hydrogen-bond acceptors (Lipinski definition) is 6. The zero-order chi connectivity index (χ0) is 21.6. The Morgan fingerprint density at radius 1 is 1.13 bits per heavy atom. The number of hydrogen-bond donors (Lipinski definition) is 1. The highest BCUT2D eigenvalue weighted by atomic mass is 32.2.